The number of Topliss-reactive ketones (excluding diaryl/α,β-unsaturated/α-hetero) is 1. The summed E-state index contributed by atoms with van der Waals surface area (Å²) in [6.45, 7) is 2.53. The second-order valence-corrected chi connectivity index (χ2v) is 8.34. The van der Waals surface area contributed by atoms with Gasteiger partial charge in [-0.15, -0.1) is 10.2 Å². The third kappa shape index (κ3) is 5.16. The summed E-state index contributed by atoms with van der Waals surface area (Å²) in [5.74, 6) is 1.11. The highest BCUT2D eigenvalue weighted by atomic mass is 35.5. The summed E-state index contributed by atoms with van der Waals surface area (Å²) in [6.07, 6.45) is 0. The second kappa shape index (κ2) is 9.81. The molecule has 5 nitrogen and oxygen atoms in total. The second-order valence-electron chi connectivity index (χ2n) is 6.96. The first kappa shape index (κ1) is 21.2. The van der Waals surface area contributed by atoms with E-state index in [1.807, 2.05) is 77.4 Å². The van der Waals surface area contributed by atoms with Gasteiger partial charge in [0.1, 0.15) is 0 Å². The maximum Gasteiger partial charge on any atom is 0.196 e. The standard InChI is InChI=1S/C24H21ClN4OS/c1-17-7-5-6-10-21(17)29-23(15-26-20-13-11-19(25)12-14-20)27-28-24(29)31-16-22(30)18-8-3-2-4-9-18/h2-14,26H,15-16H2,1H3. The number of aryl methyl sites for hydroxylation is 1. The molecule has 0 radical (unpaired) electrons. The van der Waals surface area contributed by atoms with Crippen LogP contribution in [0.2, 0.25) is 5.02 Å². The highest BCUT2D eigenvalue weighted by molar-refractivity contribution is 7.99. The van der Waals surface area contributed by atoms with Gasteiger partial charge in [0, 0.05) is 16.3 Å². The fraction of sp³-hybridized carbons (Fsp3) is 0.125. The average molecular weight is 449 g/mol. The molecule has 0 fully saturated rings. The van der Waals surface area contributed by atoms with Gasteiger partial charge < -0.3 is 5.32 Å². The molecule has 1 N–H and O–H groups in total. The highest BCUT2D eigenvalue weighted by Crippen LogP contribution is 2.25. The van der Waals surface area contributed by atoms with Crippen LogP contribution in [-0.2, 0) is 6.54 Å². The van der Waals surface area contributed by atoms with Gasteiger partial charge in [-0.3, -0.25) is 9.36 Å². The monoisotopic (exact) mass is 448 g/mol. The Morgan fingerprint density at radius 2 is 1.68 bits per heavy atom. The van der Waals surface area contributed by atoms with Crippen molar-refractivity contribution in [2.45, 2.75) is 18.6 Å². The molecular weight excluding hydrogens is 428 g/mol. The Morgan fingerprint density at radius 3 is 2.42 bits per heavy atom. The Balaban J connectivity index is 1.58. The van der Waals surface area contributed by atoms with Crippen molar-refractivity contribution in [1.82, 2.24) is 14.8 Å². The summed E-state index contributed by atoms with van der Waals surface area (Å²) in [5.41, 5.74) is 3.74. The van der Waals surface area contributed by atoms with Gasteiger partial charge in [-0.1, -0.05) is 71.9 Å². The number of thioether (sulfide) groups is 1. The number of ketones is 1. The Bertz CT molecular complexity index is 1180. The predicted octanol–water partition coefficient (Wildman–Crippen LogP) is 5.82. The summed E-state index contributed by atoms with van der Waals surface area (Å²) >= 11 is 7.37. The lowest BCUT2D eigenvalue weighted by atomic mass is 10.2. The molecule has 0 unspecified atom stereocenters. The zero-order chi connectivity index (χ0) is 21.6. The normalized spacial score (nSPS) is 10.8. The summed E-state index contributed by atoms with van der Waals surface area (Å²) in [4.78, 5) is 12.6. The molecule has 4 aromatic rings. The first-order valence-corrected chi connectivity index (χ1v) is 11.2. The van der Waals surface area contributed by atoms with Gasteiger partial charge in [0.05, 0.1) is 18.0 Å². The summed E-state index contributed by atoms with van der Waals surface area (Å²) in [6, 6.07) is 24.9. The molecule has 0 spiro atoms. The zero-order valence-corrected chi connectivity index (χ0v) is 18.5. The molecule has 4 rings (SSSR count). The fourth-order valence-corrected chi connectivity index (χ4v) is 4.14. The Labute approximate surface area is 190 Å². The molecule has 0 saturated carbocycles. The van der Waals surface area contributed by atoms with Crippen molar-refractivity contribution >= 4 is 34.8 Å². The van der Waals surface area contributed by atoms with E-state index in [0.29, 0.717) is 28.0 Å². The summed E-state index contributed by atoms with van der Waals surface area (Å²) in [7, 11) is 0. The van der Waals surface area contributed by atoms with Crippen LogP contribution in [0.1, 0.15) is 21.7 Å². The van der Waals surface area contributed by atoms with Crippen LogP contribution < -0.4 is 5.32 Å². The molecule has 0 amide bonds. The van der Waals surface area contributed by atoms with Crippen LogP contribution in [0.25, 0.3) is 5.69 Å². The number of hydrogen-bond acceptors (Lipinski definition) is 5. The van der Waals surface area contributed by atoms with Crippen LogP contribution >= 0.6 is 23.4 Å². The maximum atomic E-state index is 12.6. The van der Waals surface area contributed by atoms with Gasteiger partial charge in [-0.25, -0.2) is 0 Å². The van der Waals surface area contributed by atoms with Crippen LogP contribution in [0.3, 0.4) is 0 Å². The number of nitrogens with zero attached hydrogens (tertiary/aromatic N) is 3. The van der Waals surface area contributed by atoms with Gasteiger partial charge in [0.15, 0.2) is 16.8 Å². The molecule has 3 aromatic carbocycles. The van der Waals surface area contributed by atoms with E-state index in [0.717, 1.165) is 22.8 Å². The van der Waals surface area contributed by atoms with Crippen LogP contribution in [0, 0.1) is 6.92 Å². The summed E-state index contributed by atoms with van der Waals surface area (Å²) < 4.78 is 2.02. The fourth-order valence-electron chi connectivity index (χ4n) is 3.15. The Kier molecular flexibility index (Phi) is 6.70. The number of para-hydroxylation sites is 1. The molecule has 1 heterocycles. The minimum Gasteiger partial charge on any atom is -0.378 e. The lowest BCUT2D eigenvalue weighted by Gasteiger charge is -2.13. The molecule has 0 aliphatic rings. The van der Waals surface area contributed by atoms with E-state index in [1.54, 1.807) is 0 Å². The van der Waals surface area contributed by atoms with Crippen molar-refractivity contribution in [3.63, 3.8) is 0 Å². The smallest absolute Gasteiger partial charge is 0.196 e. The molecule has 1 aromatic heterocycles. The molecule has 156 valence electrons. The van der Waals surface area contributed by atoms with Crippen molar-refractivity contribution in [3.8, 4) is 5.69 Å². The van der Waals surface area contributed by atoms with Gasteiger partial charge in [-0.2, -0.15) is 0 Å². The van der Waals surface area contributed by atoms with E-state index in [9.17, 15) is 4.79 Å². The van der Waals surface area contributed by atoms with Crippen molar-refractivity contribution in [2.24, 2.45) is 0 Å². The topological polar surface area (TPSA) is 59.8 Å². The van der Waals surface area contributed by atoms with E-state index in [1.165, 1.54) is 11.8 Å². The number of rotatable bonds is 8. The third-order valence-corrected chi connectivity index (χ3v) is 5.96. The van der Waals surface area contributed by atoms with Crippen LogP contribution in [0.15, 0.2) is 84.0 Å². The summed E-state index contributed by atoms with van der Waals surface area (Å²) in [5, 5.41) is 13.5. The van der Waals surface area contributed by atoms with E-state index >= 15 is 0 Å². The van der Waals surface area contributed by atoms with Crippen molar-refractivity contribution in [3.05, 3.63) is 101 Å². The van der Waals surface area contributed by atoms with Gasteiger partial charge in [0.25, 0.3) is 0 Å². The number of aromatic nitrogens is 3. The molecule has 7 heteroatoms. The number of halogens is 1. The molecular formula is C24H21ClN4OS. The Morgan fingerprint density at radius 1 is 0.968 bits per heavy atom. The highest BCUT2D eigenvalue weighted by Gasteiger charge is 2.17. The number of nitrogens with one attached hydrogen (secondary N) is 1. The molecule has 31 heavy (non-hydrogen) atoms. The molecule has 0 atom stereocenters. The van der Waals surface area contributed by atoms with Crippen LogP contribution in [0.5, 0.6) is 0 Å². The minimum atomic E-state index is 0.0609. The van der Waals surface area contributed by atoms with E-state index in [-0.39, 0.29) is 5.78 Å². The van der Waals surface area contributed by atoms with E-state index in [2.05, 4.69) is 28.5 Å². The van der Waals surface area contributed by atoms with Crippen molar-refractivity contribution in [1.29, 1.82) is 0 Å². The predicted molar refractivity (Wildman–Crippen MR) is 126 cm³/mol. The van der Waals surface area contributed by atoms with Crippen molar-refractivity contribution in [2.75, 3.05) is 11.1 Å². The first-order chi connectivity index (χ1) is 15.1. The maximum absolute atomic E-state index is 12.6. The lowest BCUT2D eigenvalue weighted by Crippen LogP contribution is -2.10. The van der Waals surface area contributed by atoms with Crippen molar-refractivity contribution < 1.29 is 4.79 Å². The SMILES string of the molecule is Cc1ccccc1-n1c(CNc2ccc(Cl)cc2)nnc1SCC(=O)c1ccccc1. The first-order valence-electron chi connectivity index (χ1n) is 9.82. The minimum absolute atomic E-state index is 0.0609. The van der Waals surface area contributed by atoms with E-state index in [4.69, 9.17) is 11.6 Å². The number of hydrogen-bond donors (Lipinski definition) is 1. The third-order valence-electron chi connectivity index (χ3n) is 4.78. The number of benzene rings is 3. The van der Waals surface area contributed by atoms with Crippen LogP contribution in [0.4, 0.5) is 5.69 Å². The largest absolute Gasteiger partial charge is 0.378 e. The molecule has 0 aliphatic heterocycles. The Hall–Kier alpha value is -3.09. The number of carbonyl (C=O) groups excluding carboxylic acids is 1. The molecule has 0 bridgehead atoms. The van der Waals surface area contributed by atoms with Gasteiger partial charge in [-0.05, 0) is 42.8 Å². The average Bonchev–Trinajstić information content (AvgIpc) is 3.20. The van der Waals surface area contributed by atoms with Gasteiger partial charge in [0.2, 0.25) is 0 Å². The molecule has 0 saturated heterocycles. The number of anilines is 1. The lowest BCUT2D eigenvalue weighted by molar-refractivity contribution is 0.102. The van der Waals surface area contributed by atoms with Crippen LogP contribution in [-0.4, -0.2) is 26.3 Å². The van der Waals surface area contributed by atoms with Gasteiger partial charge >= 0.3 is 0 Å². The number of carbonyl (C=O) groups is 1. The zero-order valence-electron chi connectivity index (χ0n) is 17.0. The van der Waals surface area contributed by atoms with E-state index < -0.39 is 0 Å². The quantitative estimate of drug-likeness (QED) is 0.272. The molecule has 0 aliphatic carbocycles.